The summed E-state index contributed by atoms with van der Waals surface area (Å²) in [7, 11) is 0. The van der Waals surface area contributed by atoms with Gasteiger partial charge in [0.15, 0.2) is 0 Å². The normalized spacial score (nSPS) is 19.7. The molecule has 0 bridgehead atoms. The molecule has 80 valence electrons. The van der Waals surface area contributed by atoms with E-state index in [1.807, 2.05) is 0 Å². The Morgan fingerprint density at radius 3 is 2.87 bits per heavy atom. The minimum absolute atomic E-state index is 0.642. The van der Waals surface area contributed by atoms with Crippen LogP contribution in [-0.4, -0.2) is 29.6 Å². The molecule has 0 atom stereocenters. The SMILES string of the molecule is Clc1nc(N2CCC2)nc2c1CCNC2. The van der Waals surface area contributed by atoms with E-state index in [-0.39, 0.29) is 0 Å². The summed E-state index contributed by atoms with van der Waals surface area (Å²) in [6.45, 7) is 3.91. The van der Waals surface area contributed by atoms with E-state index < -0.39 is 0 Å². The molecule has 1 aromatic heterocycles. The van der Waals surface area contributed by atoms with Gasteiger partial charge in [0.1, 0.15) is 5.15 Å². The molecule has 0 amide bonds. The number of rotatable bonds is 1. The first-order valence-electron chi connectivity index (χ1n) is 5.35. The van der Waals surface area contributed by atoms with Crippen LogP contribution in [0.2, 0.25) is 5.15 Å². The molecule has 2 aliphatic heterocycles. The summed E-state index contributed by atoms with van der Waals surface area (Å²) >= 11 is 6.17. The lowest BCUT2D eigenvalue weighted by atomic mass is 10.1. The third kappa shape index (κ3) is 1.58. The van der Waals surface area contributed by atoms with E-state index in [0.29, 0.717) is 5.15 Å². The van der Waals surface area contributed by atoms with Crippen LogP contribution < -0.4 is 10.2 Å². The Morgan fingerprint density at radius 2 is 2.13 bits per heavy atom. The Labute approximate surface area is 93.7 Å². The van der Waals surface area contributed by atoms with E-state index >= 15 is 0 Å². The van der Waals surface area contributed by atoms with Crippen molar-refractivity contribution < 1.29 is 0 Å². The molecule has 4 nitrogen and oxygen atoms in total. The maximum Gasteiger partial charge on any atom is 0.227 e. The summed E-state index contributed by atoms with van der Waals surface area (Å²) in [4.78, 5) is 11.1. The molecule has 3 rings (SSSR count). The third-order valence-electron chi connectivity index (χ3n) is 3.01. The highest BCUT2D eigenvalue weighted by Gasteiger charge is 2.22. The van der Waals surface area contributed by atoms with Gasteiger partial charge >= 0.3 is 0 Å². The summed E-state index contributed by atoms with van der Waals surface area (Å²) in [5.41, 5.74) is 2.20. The summed E-state index contributed by atoms with van der Waals surface area (Å²) in [6, 6.07) is 0. The van der Waals surface area contributed by atoms with Crippen LogP contribution >= 0.6 is 11.6 Å². The highest BCUT2D eigenvalue weighted by molar-refractivity contribution is 6.30. The van der Waals surface area contributed by atoms with Gasteiger partial charge in [0.05, 0.1) is 5.69 Å². The molecule has 0 saturated carbocycles. The maximum absolute atomic E-state index is 6.17. The molecule has 0 aromatic carbocycles. The lowest BCUT2D eigenvalue weighted by molar-refractivity contribution is 0.583. The van der Waals surface area contributed by atoms with Gasteiger partial charge in [0, 0.05) is 25.2 Å². The van der Waals surface area contributed by atoms with Crippen LogP contribution in [0.1, 0.15) is 17.7 Å². The van der Waals surface area contributed by atoms with Crippen molar-refractivity contribution in [3.05, 3.63) is 16.4 Å². The van der Waals surface area contributed by atoms with E-state index in [2.05, 4.69) is 20.2 Å². The van der Waals surface area contributed by atoms with Gasteiger partial charge in [-0.15, -0.1) is 0 Å². The van der Waals surface area contributed by atoms with E-state index in [0.717, 1.165) is 49.8 Å². The molecule has 1 saturated heterocycles. The van der Waals surface area contributed by atoms with Gasteiger partial charge in [-0.05, 0) is 19.4 Å². The molecule has 0 aliphatic carbocycles. The van der Waals surface area contributed by atoms with Gasteiger partial charge < -0.3 is 10.2 Å². The van der Waals surface area contributed by atoms with Crippen molar-refractivity contribution in [3.63, 3.8) is 0 Å². The highest BCUT2D eigenvalue weighted by Crippen LogP contribution is 2.24. The van der Waals surface area contributed by atoms with Gasteiger partial charge in [-0.1, -0.05) is 11.6 Å². The molecule has 0 radical (unpaired) electrons. The van der Waals surface area contributed by atoms with Crippen LogP contribution in [0.15, 0.2) is 0 Å². The molecule has 1 aromatic rings. The Kier molecular flexibility index (Phi) is 2.25. The van der Waals surface area contributed by atoms with Crippen LogP contribution in [0.3, 0.4) is 0 Å². The smallest absolute Gasteiger partial charge is 0.227 e. The zero-order valence-electron chi connectivity index (χ0n) is 8.46. The number of nitrogens with one attached hydrogen (secondary N) is 1. The van der Waals surface area contributed by atoms with Crippen LogP contribution in [0.4, 0.5) is 5.95 Å². The van der Waals surface area contributed by atoms with Crippen LogP contribution in [-0.2, 0) is 13.0 Å². The zero-order valence-corrected chi connectivity index (χ0v) is 9.22. The predicted octanol–water partition coefficient (Wildman–Crippen LogP) is 0.986. The predicted molar refractivity (Wildman–Crippen MR) is 59.3 cm³/mol. The molecule has 0 spiro atoms. The molecular formula is C10H13ClN4. The molecular weight excluding hydrogens is 212 g/mol. The third-order valence-corrected chi connectivity index (χ3v) is 3.33. The Balaban J connectivity index is 2.00. The fourth-order valence-electron chi connectivity index (χ4n) is 1.96. The Bertz CT molecular complexity index is 389. The topological polar surface area (TPSA) is 41.1 Å². The summed E-state index contributed by atoms with van der Waals surface area (Å²) in [6.07, 6.45) is 2.17. The zero-order chi connectivity index (χ0) is 10.3. The minimum atomic E-state index is 0.642. The summed E-state index contributed by atoms with van der Waals surface area (Å²) < 4.78 is 0. The lowest BCUT2D eigenvalue weighted by Crippen LogP contribution is -2.39. The van der Waals surface area contributed by atoms with Crippen molar-refractivity contribution in [1.82, 2.24) is 15.3 Å². The fourth-order valence-corrected chi connectivity index (χ4v) is 2.24. The molecule has 0 unspecified atom stereocenters. The van der Waals surface area contributed by atoms with Crippen molar-refractivity contribution >= 4 is 17.5 Å². The molecule has 15 heavy (non-hydrogen) atoms. The van der Waals surface area contributed by atoms with Crippen LogP contribution in [0.25, 0.3) is 0 Å². The second-order valence-corrected chi connectivity index (χ2v) is 4.37. The van der Waals surface area contributed by atoms with Crippen molar-refractivity contribution in [3.8, 4) is 0 Å². The van der Waals surface area contributed by atoms with Gasteiger partial charge in [-0.3, -0.25) is 0 Å². The first-order valence-corrected chi connectivity index (χ1v) is 5.73. The standard InChI is InChI=1S/C10H13ClN4/c11-9-7-2-3-12-6-8(7)13-10(14-9)15-4-1-5-15/h12H,1-6H2. The summed E-state index contributed by atoms with van der Waals surface area (Å²) in [5.74, 6) is 0.800. The molecule has 2 aliphatic rings. The molecule has 3 heterocycles. The Morgan fingerprint density at radius 1 is 1.27 bits per heavy atom. The quantitative estimate of drug-likeness (QED) is 0.723. The number of fused-ring (bicyclic) bond motifs is 1. The van der Waals surface area contributed by atoms with Crippen molar-refractivity contribution in [1.29, 1.82) is 0 Å². The van der Waals surface area contributed by atoms with Crippen molar-refractivity contribution in [2.24, 2.45) is 0 Å². The average molecular weight is 225 g/mol. The monoisotopic (exact) mass is 224 g/mol. The summed E-state index contributed by atoms with van der Waals surface area (Å²) in [5, 5.41) is 3.94. The molecule has 5 heteroatoms. The second kappa shape index (κ2) is 3.61. The number of hydrogen-bond acceptors (Lipinski definition) is 4. The fraction of sp³-hybridized carbons (Fsp3) is 0.600. The lowest BCUT2D eigenvalue weighted by Gasteiger charge is -2.32. The van der Waals surface area contributed by atoms with Crippen LogP contribution in [0, 0.1) is 0 Å². The number of hydrogen-bond donors (Lipinski definition) is 1. The van der Waals surface area contributed by atoms with Crippen LogP contribution in [0.5, 0.6) is 0 Å². The number of halogens is 1. The number of anilines is 1. The van der Waals surface area contributed by atoms with Crippen molar-refractivity contribution in [2.75, 3.05) is 24.5 Å². The number of aromatic nitrogens is 2. The Hall–Kier alpha value is -0.870. The number of nitrogens with zero attached hydrogens (tertiary/aromatic N) is 3. The largest absolute Gasteiger partial charge is 0.341 e. The van der Waals surface area contributed by atoms with Gasteiger partial charge in [-0.2, -0.15) is 0 Å². The van der Waals surface area contributed by atoms with Crippen molar-refractivity contribution in [2.45, 2.75) is 19.4 Å². The van der Waals surface area contributed by atoms with Gasteiger partial charge in [0.2, 0.25) is 5.95 Å². The minimum Gasteiger partial charge on any atom is -0.341 e. The first-order chi connectivity index (χ1) is 7.34. The molecule has 1 N–H and O–H groups in total. The van der Waals surface area contributed by atoms with E-state index in [1.54, 1.807) is 0 Å². The van der Waals surface area contributed by atoms with Gasteiger partial charge in [0.25, 0.3) is 0 Å². The van der Waals surface area contributed by atoms with E-state index in [1.165, 1.54) is 6.42 Å². The highest BCUT2D eigenvalue weighted by atomic mass is 35.5. The van der Waals surface area contributed by atoms with Gasteiger partial charge in [-0.25, -0.2) is 9.97 Å². The van der Waals surface area contributed by atoms with E-state index in [9.17, 15) is 0 Å². The average Bonchev–Trinajstić information content (AvgIpc) is 2.15. The first kappa shape index (κ1) is 9.36. The maximum atomic E-state index is 6.17. The second-order valence-electron chi connectivity index (χ2n) is 4.01. The molecule has 1 fully saturated rings. The van der Waals surface area contributed by atoms with E-state index in [4.69, 9.17) is 11.6 Å².